The summed E-state index contributed by atoms with van der Waals surface area (Å²) < 4.78 is 0. The Labute approximate surface area is 140 Å². The van der Waals surface area contributed by atoms with E-state index in [1.165, 1.54) is 6.92 Å². The van der Waals surface area contributed by atoms with Gasteiger partial charge in [-0.3, -0.25) is 9.59 Å². The summed E-state index contributed by atoms with van der Waals surface area (Å²) >= 11 is 0. The highest BCUT2D eigenvalue weighted by molar-refractivity contribution is 6.03. The van der Waals surface area contributed by atoms with Gasteiger partial charge in [-0.15, -0.1) is 10.2 Å². The van der Waals surface area contributed by atoms with Crippen LogP contribution in [0.3, 0.4) is 0 Å². The topological polar surface area (TPSA) is 96.0 Å². The third kappa shape index (κ3) is 5.05. The van der Waals surface area contributed by atoms with Gasteiger partial charge in [0.15, 0.2) is 5.69 Å². The van der Waals surface area contributed by atoms with Gasteiger partial charge in [0, 0.05) is 24.3 Å². The van der Waals surface area contributed by atoms with Crippen molar-refractivity contribution in [3.63, 3.8) is 0 Å². The Balaban J connectivity index is 1.97. The molecule has 1 aromatic carbocycles. The summed E-state index contributed by atoms with van der Waals surface area (Å²) in [7, 11) is 0. The highest BCUT2D eigenvalue weighted by atomic mass is 16.2. The largest absolute Gasteiger partial charge is 0.366 e. The van der Waals surface area contributed by atoms with Crippen LogP contribution in [0.15, 0.2) is 36.4 Å². The van der Waals surface area contributed by atoms with Crippen molar-refractivity contribution in [2.45, 2.75) is 33.2 Å². The van der Waals surface area contributed by atoms with E-state index in [9.17, 15) is 9.59 Å². The standard InChI is InChI=1S/C17H21N5O2/c1-4-11(2)18-16-10-9-15(21-22-16)17(24)20-14-7-5-13(6-8-14)19-12(3)23/h5-11H,4H2,1-3H3,(H,18,22)(H,19,23)(H,20,24). The fourth-order valence-corrected chi connectivity index (χ4v) is 1.92. The van der Waals surface area contributed by atoms with Gasteiger partial charge in [-0.25, -0.2) is 0 Å². The molecule has 2 amide bonds. The summed E-state index contributed by atoms with van der Waals surface area (Å²) in [6.07, 6.45) is 0.971. The van der Waals surface area contributed by atoms with Crippen molar-refractivity contribution in [3.8, 4) is 0 Å². The van der Waals surface area contributed by atoms with E-state index in [2.05, 4.69) is 33.1 Å². The molecule has 1 atom stereocenters. The zero-order chi connectivity index (χ0) is 17.5. The molecule has 0 saturated heterocycles. The number of anilines is 3. The van der Waals surface area contributed by atoms with Gasteiger partial charge in [-0.05, 0) is 49.7 Å². The van der Waals surface area contributed by atoms with E-state index in [-0.39, 0.29) is 17.5 Å². The molecule has 24 heavy (non-hydrogen) atoms. The average Bonchev–Trinajstić information content (AvgIpc) is 2.56. The molecule has 2 rings (SSSR count). The lowest BCUT2D eigenvalue weighted by atomic mass is 10.2. The normalized spacial score (nSPS) is 11.5. The number of carbonyl (C=O) groups excluding carboxylic acids is 2. The first-order chi connectivity index (χ1) is 11.5. The predicted octanol–water partition coefficient (Wildman–Crippen LogP) is 2.90. The second kappa shape index (κ2) is 8.05. The van der Waals surface area contributed by atoms with Crippen molar-refractivity contribution < 1.29 is 9.59 Å². The van der Waals surface area contributed by atoms with Gasteiger partial charge in [0.2, 0.25) is 5.91 Å². The monoisotopic (exact) mass is 327 g/mol. The molecular weight excluding hydrogens is 306 g/mol. The first-order valence-electron chi connectivity index (χ1n) is 7.77. The van der Waals surface area contributed by atoms with E-state index >= 15 is 0 Å². The number of hydrogen-bond donors (Lipinski definition) is 3. The molecule has 126 valence electrons. The molecule has 0 aliphatic carbocycles. The molecule has 1 heterocycles. The number of aromatic nitrogens is 2. The first kappa shape index (κ1) is 17.4. The fourth-order valence-electron chi connectivity index (χ4n) is 1.92. The summed E-state index contributed by atoms with van der Waals surface area (Å²) in [6.45, 7) is 5.56. The van der Waals surface area contributed by atoms with Crippen LogP contribution in [-0.2, 0) is 4.79 Å². The number of nitrogens with zero attached hydrogens (tertiary/aromatic N) is 2. The molecule has 0 bridgehead atoms. The lowest BCUT2D eigenvalue weighted by Crippen LogP contribution is -2.17. The predicted molar refractivity (Wildman–Crippen MR) is 94.1 cm³/mol. The van der Waals surface area contributed by atoms with E-state index in [0.717, 1.165) is 6.42 Å². The number of benzene rings is 1. The summed E-state index contributed by atoms with van der Waals surface area (Å²) in [4.78, 5) is 23.1. The van der Waals surface area contributed by atoms with Gasteiger partial charge in [-0.2, -0.15) is 0 Å². The maximum Gasteiger partial charge on any atom is 0.276 e. The van der Waals surface area contributed by atoms with Crippen molar-refractivity contribution >= 4 is 29.0 Å². The Morgan fingerprint density at radius 1 is 1.00 bits per heavy atom. The quantitative estimate of drug-likeness (QED) is 0.758. The van der Waals surface area contributed by atoms with Gasteiger partial charge in [0.1, 0.15) is 5.82 Å². The van der Waals surface area contributed by atoms with Gasteiger partial charge >= 0.3 is 0 Å². The molecule has 3 N–H and O–H groups in total. The average molecular weight is 327 g/mol. The van der Waals surface area contributed by atoms with E-state index in [1.807, 2.05) is 6.92 Å². The van der Waals surface area contributed by atoms with Gasteiger partial charge in [0.25, 0.3) is 5.91 Å². The Morgan fingerprint density at radius 3 is 2.12 bits per heavy atom. The van der Waals surface area contributed by atoms with Crippen LogP contribution in [0.2, 0.25) is 0 Å². The molecule has 7 heteroatoms. The minimum Gasteiger partial charge on any atom is -0.366 e. The summed E-state index contributed by atoms with van der Waals surface area (Å²) in [5.74, 6) is 0.151. The van der Waals surface area contributed by atoms with Crippen LogP contribution in [0.25, 0.3) is 0 Å². The fraction of sp³-hybridized carbons (Fsp3) is 0.294. The van der Waals surface area contributed by atoms with Crippen LogP contribution in [0, 0.1) is 0 Å². The molecule has 0 fully saturated rings. The molecule has 2 aromatic rings. The van der Waals surface area contributed by atoms with Crippen molar-refractivity contribution in [3.05, 3.63) is 42.1 Å². The number of rotatable bonds is 6. The third-order valence-corrected chi connectivity index (χ3v) is 3.37. The van der Waals surface area contributed by atoms with E-state index < -0.39 is 0 Å². The van der Waals surface area contributed by atoms with E-state index in [0.29, 0.717) is 23.2 Å². The van der Waals surface area contributed by atoms with Gasteiger partial charge < -0.3 is 16.0 Å². The highest BCUT2D eigenvalue weighted by Crippen LogP contribution is 2.14. The summed E-state index contributed by atoms with van der Waals surface area (Å²) in [6, 6.07) is 10.5. The minimum atomic E-state index is -0.343. The lowest BCUT2D eigenvalue weighted by molar-refractivity contribution is -0.114. The van der Waals surface area contributed by atoms with Crippen LogP contribution < -0.4 is 16.0 Å². The van der Waals surface area contributed by atoms with Crippen LogP contribution in [-0.4, -0.2) is 28.1 Å². The van der Waals surface area contributed by atoms with E-state index in [4.69, 9.17) is 0 Å². The number of hydrogen-bond acceptors (Lipinski definition) is 5. The Hall–Kier alpha value is -2.96. The molecule has 0 saturated carbocycles. The van der Waals surface area contributed by atoms with Crippen molar-refractivity contribution in [2.75, 3.05) is 16.0 Å². The second-order valence-electron chi connectivity index (χ2n) is 5.47. The molecule has 0 aliphatic heterocycles. The second-order valence-corrected chi connectivity index (χ2v) is 5.47. The first-order valence-corrected chi connectivity index (χ1v) is 7.77. The van der Waals surface area contributed by atoms with Crippen LogP contribution in [0.1, 0.15) is 37.7 Å². The Bertz CT molecular complexity index is 698. The smallest absolute Gasteiger partial charge is 0.276 e. The SMILES string of the molecule is CCC(C)Nc1ccc(C(=O)Nc2ccc(NC(C)=O)cc2)nn1. The highest BCUT2D eigenvalue weighted by Gasteiger charge is 2.09. The van der Waals surface area contributed by atoms with Gasteiger partial charge in [0.05, 0.1) is 0 Å². The molecule has 1 unspecified atom stereocenters. The number of amides is 2. The Kier molecular flexibility index (Phi) is 5.83. The zero-order valence-corrected chi connectivity index (χ0v) is 14.0. The zero-order valence-electron chi connectivity index (χ0n) is 14.0. The lowest BCUT2D eigenvalue weighted by Gasteiger charge is -2.11. The molecule has 0 radical (unpaired) electrons. The van der Waals surface area contributed by atoms with Crippen LogP contribution in [0.5, 0.6) is 0 Å². The molecule has 0 spiro atoms. The minimum absolute atomic E-state index is 0.145. The molecule has 7 nitrogen and oxygen atoms in total. The van der Waals surface area contributed by atoms with Crippen LogP contribution in [0.4, 0.5) is 17.2 Å². The summed E-state index contributed by atoms with van der Waals surface area (Å²) in [5, 5.41) is 16.5. The molecule has 1 aromatic heterocycles. The molecule has 0 aliphatic rings. The maximum atomic E-state index is 12.2. The third-order valence-electron chi connectivity index (χ3n) is 3.37. The van der Waals surface area contributed by atoms with Crippen molar-refractivity contribution in [2.24, 2.45) is 0 Å². The van der Waals surface area contributed by atoms with Gasteiger partial charge in [-0.1, -0.05) is 6.92 Å². The van der Waals surface area contributed by atoms with Crippen molar-refractivity contribution in [1.29, 1.82) is 0 Å². The van der Waals surface area contributed by atoms with E-state index in [1.54, 1.807) is 36.4 Å². The van der Waals surface area contributed by atoms with Crippen LogP contribution >= 0.6 is 0 Å². The number of nitrogens with one attached hydrogen (secondary N) is 3. The Morgan fingerprint density at radius 2 is 1.62 bits per heavy atom. The van der Waals surface area contributed by atoms with Crippen molar-refractivity contribution in [1.82, 2.24) is 10.2 Å². The number of carbonyl (C=O) groups is 2. The molecular formula is C17H21N5O2. The summed E-state index contributed by atoms with van der Waals surface area (Å²) in [5.41, 5.74) is 1.51. The maximum absolute atomic E-state index is 12.2.